The van der Waals surface area contributed by atoms with Gasteiger partial charge in [0.1, 0.15) is 6.33 Å². The summed E-state index contributed by atoms with van der Waals surface area (Å²) in [6.07, 6.45) is 2.54. The summed E-state index contributed by atoms with van der Waals surface area (Å²) >= 11 is 0. The lowest BCUT2D eigenvalue weighted by Gasteiger charge is -2.18. The quantitative estimate of drug-likeness (QED) is 0.775. The molecule has 0 spiro atoms. The number of aromatic nitrogens is 3. The molecule has 0 saturated carbocycles. The zero-order valence-electron chi connectivity index (χ0n) is 10.5. The maximum absolute atomic E-state index is 12.1. The monoisotopic (exact) mass is 237 g/mol. The fraction of sp³-hybridized carbons (Fsp3) is 0.727. The fourth-order valence-corrected chi connectivity index (χ4v) is 2.29. The third kappa shape index (κ3) is 2.46. The number of amides is 1. The number of hydrogen-bond donors (Lipinski definition) is 2. The van der Waals surface area contributed by atoms with Crippen LogP contribution >= 0.6 is 0 Å². The molecule has 1 aromatic rings. The van der Waals surface area contributed by atoms with E-state index in [0.29, 0.717) is 0 Å². The molecular weight excluding hydrogens is 218 g/mol. The average Bonchev–Trinajstić information content (AvgIpc) is 2.86. The van der Waals surface area contributed by atoms with Gasteiger partial charge in [-0.15, -0.1) is 10.2 Å². The number of aryl methyl sites for hydroxylation is 1. The maximum atomic E-state index is 12.1. The first-order valence-corrected chi connectivity index (χ1v) is 5.97. The first-order valence-electron chi connectivity index (χ1n) is 5.97. The molecule has 1 aliphatic heterocycles. The Morgan fingerprint density at radius 2 is 2.47 bits per heavy atom. The third-order valence-corrected chi connectivity index (χ3v) is 3.35. The minimum atomic E-state index is -0.109. The molecule has 0 bridgehead atoms. The van der Waals surface area contributed by atoms with Gasteiger partial charge in [-0.1, -0.05) is 0 Å². The van der Waals surface area contributed by atoms with Crippen molar-refractivity contribution in [3.05, 3.63) is 12.2 Å². The van der Waals surface area contributed by atoms with Crippen molar-refractivity contribution < 1.29 is 4.79 Å². The lowest BCUT2D eigenvalue weighted by atomic mass is 10.0. The number of carbonyl (C=O) groups is 1. The predicted octanol–water partition coefficient (Wildman–Crippen LogP) is -0.00970. The Kier molecular flexibility index (Phi) is 3.42. The maximum Gasteiger partial charge on any atom is 0.225 e. The molecule has 0 radical (unpaired) electrons. The number of carbonyl (C=O) groups excluding carboxylic acids is 1. The largest absolute Gasteiger partial charge is 0.346 e. The summed E-state index contributed by atoms with van der Waals surface area (Å²) in [5.74, 6) is 0.931. The van der Waals surface area contributed by atoms with E-state index < -0.39 is 0 Å². The van der Waals surface area contributed by atoms with Crippen molar-refractivity contribution >= 4 is 5.91 Å². The highest BCUT2D eigenvalue weighted by atomic mass is 16.2. The van der Waals surface area contributed by atoms with E-state index in [9.17, 15) is 4.79 Å². The van der Waals surface area contributed by atoms with Crippen LogP contribution in [0.15, 0.2) is 6.33 Å². The molecule has 2 N–H and O–H groups in total. The molecule has 1 fully saturated rings. The minimum Gasteiger partial charge on any atom is -0.346 e. The van der Waals surface area contributed by atoms with E-state index in [1.807, 2.05) is 25.5 Å². The molecule has 3 atom stereocenters. The Morgan fingerprint density at radius 3 is 3.00 bits per heavy atom. The zero-order valence-corrected chi connectivity index (χ0v) is 10.5. The fourth-order valence-electron chi connectivity index (χ4n) is 2.29. The molecule has 1 aromatic heterocycles. The van der Waals surface area contributed by atoms with E-state index in [0.717, 1.165) is 18.8 Å². The average molecular weight is 237 g/mol. The highest BCUT2D eigenvalue weighted by Crippen LogP contribution is 2.17. The van der Waals surface area contributed by atoms with Crippen LogP contribution in [-0.2, 0) is 11.8 Å². The van der Waals surface area contributed by atoms with E-state index >= 15 is 0 Å². The highest BCUT2D eigenvalue weighted by Gasteiger charge is 2.30. The lowest BCUT2D eigenvalue weighted by Crippen LogP contribution is -2.38. The van der Waals surface area contributed by atoms with Gasteiger partial charge in [0, 0.05) is 13.1 Å². The van der Waals surface area contributed by atoms with Crippen LogP contribution in [0.1, 0.15) is 32.1 Å². The second-order valence-corrected chi connectivity index (χ2v) is 4.67. The van der Waals surface area contributed by atoms with E-state index in [2.05, 4.69) is 20.8 Å². The Balaban J connectivity index is 1.97. The van der Waals surface area contributed by atoms with Crippen LogP contribution in [-0.4, -0.2) is 33.3 Å². The van der Waals surface area contributed by atoms with Gasteiger partial charge < -0.3 is 15.2 Å². The number of hydrogen-bond acceptors (Lipinski definition) is 4. The second kappa shape index (κ2) is 4.83. The number of rotatable bonds is 3. The van der Waals surface area contributed by atoms with Crippen LogP contribution < -0.4 is 10.6 Å². The standard InChI is InChI=1S/C11H19N5O/c1-7-9(4-5-12-7)11(17)14-8(2)10-15-13-6-16(10)3/h6-9,12H,4-5H2,1-3H3,(H,14,17). The van der Waals surface area contributed by atoms with E-state index in [1.54, 1.807) is 6.33 Å². The number of nitrogens with zero attached hydrogens (tertiary/aromatic N) is 3. The van der Waals surface area contributed by atoms with Crippen LogP contribution in [0.3, 0.4) is 0 Å². The molecular formula is C11H19N5O. The van der Waals surface area contributed by atoms with Crippen molar-refractivity contribution in [1.29, 1.82) is 0 Å². The molecule has 1 aliphatic rings. The van der Waals surface area contributed by atoms with Crippen molar-refractivity contribution in [2.24, 2.45) is 13.0 Å². The van der Waals surface area contributed by atoms with Crippen molar-refractivity contribution in [1.82, 2.24) is 25.4 Å². The molecule has 2 rings (SSSR count). The van der Waals surface area contributed by atoms with Crippen LogP contribution in [0.5, 0.6) is 0 Å². The minimum absolute atomic E-state index is 0.0608. The van der Waals surface area contributed by atoms with Gasteiger partial charge in [0.25, 0.3) is 0 Å². The van der Waals surface area contributed by atoms with E-state index in [1.165, 1.54) is 0 Å². The summed E-state index contributed by atoms with van der Waals surface area (Å²) < 4.78 is 1.82. The van der Waals surface area contributed by atoms with Gasteiger partial charge in [-0.25, -0.2) is 0 Å². The van der Waals surface area contributed by atoms with Gasteiger partial charge in [0.2, 0.25) is 5.91 Å². The van der Waals surface area contributed by atoms with E-state index in [4.69, 9.17) is 0 Å². The van der Waals surface area contributed by atoms with Crippen LogP contribution in [0.4, 0.5) is 0 Å². The molecule has 2 heterocycles. The Morgan fingerprint density at radius 1 is 1.71 bits per heavy atom. The summed E-state index contributed by atoms with van der Waals surface area (Å²) in [6, 6.07) is 0.143. The summed E-state index contributed by atoms with van der Waals surface area (Å²) in [4.78, 5) is 12.1. The number of nitrogens with one attached hydrogen (secondary N) is 2. The van der Waals surface area contributed by atoms with Gasteiger partial charge in [0.15, 0.2) is 5.82 Å². The van der Waals surface area contributed by atoms with Crippen LogP contribution in [0.25, 0.3) is 0 Å². The van der Waals surface area contributed by atoms with Gasteiger partial charge in [-0.3, -0.25) is 4.79 Å². The predicted molar refractivity (Wildman–Crippen MR) is 63.1 cm³/mol. The van der Waals surface area contributed by atoms with Crippen molar-refractivity contribution in [3.63, 3.8) is 0 Å². The second-order valence-electron chi connectivity index (χ2n) is 4.67. The van der Waals surface area contributed by atoms with Crippen molar-refractivity contribution in [2.45, 2.75) is 32.4 Å². The lowest BCUT2D eigenvalue weighted by molar-refractivity contribution is -0.125. The molecule has 6 nitrogen and oxygen atoms in total. The Bertz CT molecular complexity index is 402. The first kappa shape index (κ1) is 12.0. The van der Waals surface area contributed by atoms with Gasteiger partial charge in [-0.05, 0) is 26.8 Å². The van der Waals surface area contributed by atoms with Crippen LogP contribution in [0, 0.1) is 5.92 Å². The zero-order chi connectivity index (χ0) is 12.4. The van der Waals surface area contributed by atoms with E-state index in [-0.39, 0.29) is 23.9 Å². The molecule has 3 unspecified atom stereocenters. The van der Waals surface area contributed by atoms with Gasteiger partial charge in [0.05, 0.1) is 12.0 Å². The molecule has 6 heteroatoms. The van der Waals surface area contributed by atoms with Crippen molar-refractivity contribution in [3.8, 4) is 0 Å². The molecule has 1 amide bonds. The smallest absolute Gasteiger partial charge is 0.225 e. The molecule has 0 aliphatic carbocycles. The highest BCUT2D eigenvalue weighted by molar-refractivity contribution is 5.80. The summed E-state index contributed by atoms with van der Waals surface area (Å²) in [5.41, 5.74) is 0. The molecule has 94 valence electrons. The topological polar surface area (TPSA) is 71.8 Å². The normalized spacial score (nSPS) is 25.8. The SMILES string of the molecule is CC(NC(=O)C1CCNC1C)c1nncn1C. The Labute approximate surface area is 101 Å². The summed E-state index contributed by atoms with van der Waals surface area (Å²) in [5, 5.41) is 14.1. The first-order chi connectivity index (χ1) is 8.09. The Hall–Kier alpha value is -1.43. The summed E-state index contributed by atoms with van der Waals surface area (Å²) in [6.45, 7) is 4.89. The summed E-state index contributed by atoms with van der Waals surface area (Å²) in [7, 11) is 1.87. The molecule has 0 aromatic carbocycles. The van der Waals surface area contributed by atoms with Crippen LogP contribution in [0.2, 0.25) is 0 Å². The molecule has 17 heavy (non-hydrogen) atoms. The van der Waals surface area contributed by atoms with Gasteiger partial charge in [-0.2, -0.15) is 0 Å². The molecule has 1 saturated heterocycles. The van der Waals surface area contributed by atoms with Gasteiger partial charge >= 0.3 is 0 Å². The van der Waals surface area contributed by atoms with Crippen molar-refractivity contribution in [2.75, 3.05) is 6.54 Å². The third-order valence-electron chi connectivity index (χ3n) is 3.35.